The van der Waals surface area contributed by atoms with Crippen molar-refractivity contribution < 1.29 is 13.8 Å². The van der Waals surface area contributed by atoms with Gasteiger partial charge in [-0.1, -0.05) is 0 Å². The van der Waals surface area contributed by atoms with Gasteiger partial charge in [0.1, 0.15) is 0 Å². The van der Waals surface area contributed by atoms with Gasteiger partial charge in [-0.3, -0.25) is 4.57 Å². The third kappa shape index (κ3) is 2.54. The minimum absolute atomic E-state index is 0.380. The third-order valence-corrected chi connectivity index (χ3v) is 3.51. The van der Waals surface area contributed by atoms with Crippen molar-refractivity contribution in [1.82, 2.24) is 4.67 Å². The number of hydrogen-bond acceptors (Lipinski definition) is 3. The van der Waals surface area contributed by atoms with Crippen LogP contribution in [0.1, 0.15) is 6.92 Å². The van der Waals surface area contributed by atoms with Crippen LogP contribution in [0.25, 0.3) is 0 Å². The van der Waals surface area contributed by atoms with Crippen molar-refractivity contribution in [3.8, 4) is 0 Å². The molecule has 0 aliphatic carbocycles. The van der Waals surface area contributed by atoms with E-state index < -0.39 is 7.67 Å². The van der Waals surface area contributed by atoms with Crippen LogP contribution in [0.4, 0.5) is 0 Å². The fraction of sp³-hybridized carbons (Fsp3) is 1.00. The van der Waals surface area contributed by atoms with Crippen LogP contribution < -0.4 is 5.50 Å². The fourth-order valence-corrected chi connectivity index (χ4v) is 2.35. The van der Waals surface area contributed by atoms with Gasteiger partial charge in [-0.25, -0.2) is 10.2 Å². The molecular formula is C6H15N2O3P. The summed E-state index contributed by atoms with van der Waals surface area (Å²) in [7, 11) is -3.01. The molecule has 1 rings (SSSR count). The fourth-order valence-electron chi connectivity index (χ4n) is 1.10. The van der Waals surface area contributed by atoms with Crippen molar-refractivity contribution in [2.24, 2.45) is 5.50 Å². The smallest absolute Gasteiger partial charge is 0.340 e. The summed E-state index contributed by atoms with van der Waals surface area (Å²) in [6, 6.07) is 0. The van der Waals surface area contributed by atoms with E-state index in [0.29, 0.717) is 32.9 Å². The van der Waals surface area contributed by atoms with Crippen LogP contribution in [0.2, 0.25) is 0 Å². The normalized spacial score (nSPS) is 25.2. The SMILES string of the molecule is CCOP(N)(=O)N1CCOCC1. The molecular weight excluding hydrogens is 179 g/mol. The zero-order valence-electron chi connectivity index (χ0n) is 7.23. The molecule has 0 radical (unpaired) electrons. The van der Waals surface area contributed by atoms with E-state index in [1.807, 2.05) is 0 Å². The highest BCUT2D eigenvalue weighted by Gasteiger charge is 2.28. The maximum absolute atomic E-state index is 11.6. The Bertz CT molecular complexity index is 182. The lowest BCUT2D eigenvalue weighted by Crippen LogP contribution is -2.36. The first-order valence-corrected chi connectivity index (χ1v) is 5.68. The molecule has 0 bridgehead atoms. The molecule has 0 spiro atoms. The van der Waals surface area contributed by atoms with Gasteiger partial charge in [0.05, 0.1) is 19.8 Å². The first kappa shape index (κ1) is 10.2. The Hall–Kier alpha value is 0.0700. The van der Waals surface area contributed by atoms with Gasteiger partial charge in [0.25, 0.3) is 0 Å². The van der Waals surface area contributed by atoms with Crippen LogP contribution in [-0.4, -0.2) is 37.6 Å². The Labute approximate surface area is 72.4 Å². The highest BCUT2D eigenvalue weighted by atomic mass is 31.2. The Morgan fingerprint density at radius 2 is 2.17 bits per heavy atom. The van der Waals surface area contributed by atoms with Crippen molar-refractivity contribution in [2.45, 2.75) is 6.92 Å². The second kappa shape index (κ2) is 4.35. The van der Waals surface area contributed by atoms with Gasteiger partial charge in [-0.05, 0) is 6.92 Å². The van der Waals surface area contributed by atoms with Gasteiger partial charge in [0.2, 0.25) is 0 Å². The highest BCUT2D eigenvalue weighted by molar-refractivity contribution is 7.53. The summed E-state index contributed by atoms with van der Waals surface area (Å²) >= 11 is 0. The lowest BCUT2D eigenvalue weighted by Gasteiger charge is -2.30. The summed E-state index contributed by atoms with van der Waals surface area (Å²) in [5, 5.41) is 0. The molecule has 0 aromatic rings. The molecule has 1 fully saturated rings. The molecule has 0 amide bonds. The van der Waals surface area contributed by atoms with E-state index >= 15 is 0 Å². The molecule has 6 heteroatoms. The summed E-state index contributed by atoms with van der Waals surface area (Å²) in [5.41, 5.74) is 5.51. The monoisotopic (exact) mass is 194 g/mol. The Morgan fingerprint density at radius 3 is 2.67 bits per heavy atom. The van der Waals surface area contributed by atoms with Crippen molar-refractivity contribution >= 4 is 7.67 Å². The largest absolute Gasteiger partial charge is 0.379 e. The van der Waals surface area contributed by atoms with E-state index in [1.165, 1.54) is 0 Å². The molecule has 12 heavy (non-hydrogen) atoms. The van der Waals surface area contributed by atoms with Gasteiger partial charge >= 0.3 is 7.67 Å². The zero-order valence-corrected chi connectivity index (χ0v) is 8.13. The standard InChI is InChI=1S/C6H15N2O3P/c1-2-11-12(7,9)8-3-5-10-6-4-8/h2-6H2,1H3,(H2,7,9). The first-order chi connectivity index (χ1) is 5.67. The van der Waals surface area contributed by atoms with E-state index in [9.17, 15) is 4.57 Å². The average molecular weight is 194 g/mol. The molecule has 1 atom stereocenters. The van der Waals surface area contributed by atoms with Crippen molar-refractivity contribution in [3.63, 3.8) is 0 Å². The summed E-state index contributed by atoms with van der Waals surface area (Å²) < 4.78 is 23.3. The lowest BCUT2D eigenvalue weighted by molar-refractivity contribution is 0.0649. The third-order valence-electron chi connectivity index (χ3n) is 1.70. The molecule has 0 saturated carbocycles. The maximum atomic E-state index is 11.6. The highest BCUT2D eigenvalue weighted by Crippen LogP contribution is 2.42. The second-order valence-corrected chi connectivity index (χ2v) is 4.50. The van der Waals surface area contributed by atoms with Crippen LogP contribution in [0.5, 0.6) is 0 Å². The lowest BCUT2D eigenvalue weighted by atomic mass is 10.5. The van der Waals surface area contributed by atoms with Gasteiger partial charge in [0, 0.05) is 13.1 Å². The molecule has 1 heterocycles. The van der Waals surface area contributed by atoms with E-state index in [1.54, 1.807) is 11.6 Å². The van der Waals surface area contributed by atoms with E-state index in [-0.39, 0.29) is 0 Å². The quantitative estimate of drug-likeness (QED) is 0.659. The molecule has 1 aliphatic heterocycles. The van der Waals surface area contributed by atoms with Crippen molar-refractivity contribution in [3.05, 3.63) is 0 Å². The van der Waals surface area contributed by atoms with Crippen LogP contribution in [-0.2, 0) is 13.8 Å². The molecule has 5 nitrogen and oxygen atoms in total. The molecule has 1 aliphatic rings. The number of nitrogens with zero attached hydrogens (tertiary/aromatic N) is 1. The van der Waals surface area contributed by atoms with Gasteiger partial charge in [-0.2, -0.15) is 0 Å². The second-order valence-electron chi connectivity index (χ2n) is 2.55. The number of hydrogen-bond donors (Lipinski definition) is 1. The Kier molecular flexibility index (Phi) is 3.68. The summed E-state index contributed by atoms with van der Waals surface area (Å²) in [6.07, 6.45) is 0. The zero-order chi connectivity index (χ0) is 9.03. The Morgan fingerprint density at radius 1 is 1.58 bits per heavy atom. The minimum atomic E-state index is -3.01. The molecule has 1 unspecified atom stereocenters. The van der Waals surface area contributed by atoms with Crippen molar-refractivity contribution in [1.29, 1.82) is 0 Å². The van der Waals surface area contributed by atoms with E-state index in [2.05, 4.69) is 0 Å². The first-order valence-electron chi connectivity index (χ1n) is 4.03. The van der Waals surface area contributed by atoms with E-state index in [4.69, 9.17) is 14.8 Å². The predicted molar refractivity (Wildman–Crippen MR) is 45.8 cm³/mol. The van der Waals surface area contributed by atoms with Crippen LogP contribution in [0.15, 0.2) is 0 Å². The van der Waals surface area contributed by atoms with Crippen LogP contribution >= 0.6 is 7.67 Å². The molecule has 0 aromatic heterocycles. The summed E-state index contributed by atoms with van der Waals surface area (Å²) in [4.78, 5) is 0. The molecule has 72 valence electrons. The van der Waals surface area contributed by atoms with Gasteiger partial charge in [-0.15, -0.1) is 0 Å². The predicted octanol–water partition coefficient (Wildman–Crippen LogP) is 0.422. The molecule has 0 aromatic carbocycles. The Balaban J connectivity index is 2.48. The van der Waals surface area contributed by atoms with Crippen LogP contribution in [0, 0.1) is 0 Å². The summed E-state index contributed by atoms with van der Waals surface area (Å²) in [5.74, 6) is 0. The number of nitrogens with two attached hydrogens (primary N) is 1. The number of ether oxygens (including phenoxy) is 1. The van der Waals surface area contributed by atoms with Crippen molar-refractivity contribution in [2.75, 3.05) is 32.9 Å². The van der Waals surface area contributed by atoms with Crippen LogP contribution in [0.3, 0.4) is 0 Å². The molecule has 1 saturated heterocycles. The molecule has 2 N–H and O–H groups in total. The maximum Gasteiger partial charge on any atom is 0.340 e. The number of morpholine rings is 1. The minimum Gasteiger partial charge on any atom is -0.379 e. The average Bonchev–Trinajstić information content (AvgIpc) is 2.06. The van der Waals surface area contributed by atoms with E-state index in [0.717, 1.165) is 0 Å². The topological polar surface area (TPSA) is 64.8 Å². The summed E-state index contributed by atoms with van der Waals surface area (Å²) in [6.45, 7) is 4.50. The van der Waals surface area contributed by atoms with Gasteiger partial charge in [0.15, 0.2) is 0 Å². The van der Waals surface area contributed by atoms with Gasteiger partial charge < -0.3 is 9.26 Å². The number of rotatable bonds is 3.